The van der Waals surface area contributed by atoms with Crippen molar-refractivity contribution >= 4 is 6.09 Å². The molecule has 2 unspecified atom stereocenters. The number of carbonyl (C=O) groups is 1. The maximum Gasteiger partial charge on any atom is 0.419 e. The normalized spacial score (nSPS) is 49.3. The molecule has 5 nitrogen and oxygen atoms in total. The maximum absolute atomic E-state index is 10.5. The van der Waals surface area contributed by atoms with Crippen LogP contribution in [0.1, 0.15) is 32.1 Å². The van der Waals surface area contributed by atoms with E-state index in [1.807, 2.05) is 0 Å². The van der Waals surface area contributed by atoms with Gasteiger partial charge >= 0.3 is 6.09 Å². The minimum atomic E-state index is -1.03. The zero-order valence-corrected chi connectivity index (χ0v) is 9.15. The molecule has 0 aromatic rings. The van der Waals surface area contributed by atoms with Gasteiger partial charge in [0, 0.05) is 6.04 Å². The van der Waals surface area contributed by atoms with Gasteiger partial charge in [0.05, 0.1) is 5.60 Å². The molecule has 2 atom stereocenters. The van der Waals surface area contributed by atoms with Gasteiger partial charge in [-0.3, -0.25) is 5.43 Å². The Labute approximate surface area is 94.2 Å². The number of nitrogens with one attached hydrogen (secondary N) is 2. The Kier molecular flexibility index (Phi) is 2.16. The third-order valence-corrected chi connectivity index (χ3v) is 4.59. The van der Waals surface area contributed by atoms with E-state index in [1.54, 1.807) is 0 Å². The van der Waals surface area contributed by atoms with Crippen LogP contribution < -0.4 is 10.9 Å². The van der Waals surface area contributed by atoms with Crippen LogP contribution >= 0.6 is 0 Å². The maximum atomic E-state index is 10.5. The summed E-state index contributed by atoms with van der Waals surface area (Å²) in [6.07, 6.45) is 3.86. The van der Waals surface area contributed by atoms with E-state index >= 15 is 0 Å². The first-order valence-corrected chi connectivity index (χ1v) is 6.03. The Hall–Kier alpha value is -0.810. The summed E-state index contributed by atoms with van der Waals surface area (Å²) < 4.78 is 0. The molecule has 0 saturated heterocycles. The number of amides is 1. The molecule has 0 heterocycles. The highest BCUT2D eigenvalue weighted by Crippen LogP contribution is 2.55. The van der Waals surface area contributed by atoms with Gasteiger partial charge in [-0.2, -0.15) is 0 Å². The second-order valence-electron chi connectivity index (χ2n) is 5.79. The number of rotatable bonds is 2. The summed E-state index contributed by atoms with van der Waals surface area (Å²) >= 11 is 0. The van der Waals surface area contributed by atoms with Gasteiger partial charge in [0.2, 0.25) is 0 Å². The predicted octanol–water partition coefficient (Wildman–Crippen LogP) is 0.698. The highest BCUT2D eigenvalue weighted by Gasteiger charge is 2.54. The molecule has 5 heteroatoms. The first-order valence-electron chi connectivity index (χ1n) is 6.03. The second-order valence-corrected chi connectivity index (χ2v) is 5.79. The summed E-state index contributed by atoms with van der Waals surface area (Å²) in [5.74, 6) is 1.52. The number of carboxylic acid groups (broad SMARTS) is 1. The van der Waals surface area contributed by atoms with Crippen LogP contribution in [0.2, 0.25) is 0 Å². The molecule has 16 heavy (non-hydrogen) atoms. The molecule has 90 valence electrons. The Morgan fingerprint density at radius 2 is 1.81 bits per heavy atom. The molecule has 0 aromatic heterocycles. The van der Waals surface area contributed by atoms with Crippen LogP contribution in [0.5, 0.6) is 0 Å². The fourth-order valence-electron chi connectivity index (χ4n) is 4.36. The number of hydrazine groups is 1. The molecular formula is C11H18N2O3. The third-order valence-electron chi connectivity index (χ3n) is 4.59. The summed E-state index contributed by atoms with van der Waals surface area (Å²) in [6.45, 7) is 0. The number of hydrogen-bond acceptors (Lipinski definition) is 3. The molecule has 1 amide bonds. The van der Waals surface area contributed by atoms with E-state index in [9.17, 15) is 9.90 Å². The van der Waals surface area contributed by atoms with Crippen LogP contribution in [0.4, 0.5) is 4.79 Å². The average molecular weight is 226 g/mol. The molecule has 4 fully saturated rings. The molecule has 4 aliphatic carbocycles. The lowest BCUT2D eigenvalue weighted by Crippen LogP contribution is -2.63. The van der Waals surface area contributed by atoms with Gasteiger partial charge in [0.25, 0.3) is 0 Å². The van der Waals surface area contributed by atoms with Crippen LogP contribution in [-0.4, -0.2) is 27.9 Å². The van der Waals surface area contributed by atoms with Crippen molar-refractivity contribution in [3.63, 3.8) is 0 Å². The first-order chi connectivity index (χ1) is 7.56. The molecule has 4 N–H and O–H groups in total. The monoisotopic (exact) mass is 226 g/mol. The van der Waals surface area contributed by atoms with Gasteiger partial charge in [-0.25, -0.2) is 10.2 Å². The molecule has 0 radical (unpaired) electrons. The SMILES string of the molecule is O=C(O)NNC1C2CC3CC1CC(O)(C3)C2. The summed E-state index contributed by atoms with van der Waals surface area (Å²) in [4.78, 5) is 10.5. The van der Waals surface area contributed by atoms with E-state index in [4.69, 9.17) is 5.11 Å². The Morgan fingerprint density at radius 1 is 1.19 bits per heavy atom. The van der Waals surface area contributed by atoms with Crippen molar-refractivity contribution in [3.8, 4) is 0 Å². The van der Waals surface area contributed by atoms with Crippen molar-refractivity contribution in [2.45, 2.75) is 43.7 Å². The van der Waals surface area contributed by atoms with Crippen molar-refractivity contribution in [1.82, 2.24) is 10.9 Å². The second kappa shape index (κ2) is 3.34. The third kappa shape index (κ3) is 1.58. The molecule has 4 saturated carbocycles. The predicted molar refractivity (Wildman–Crippen MR) is 56.6 cm³/mol. The molecular weight excluding hydrogens is 208 g/mol. The molecule has 0 aliphatic heterocycles. The van der Waals surface area contributed by atoms with Gasteiger partial charge in [-0.1, -0.05) is 0 Å². The van der Waals surface area contributed by atoms with E-state index < -0.39 is 11.7 Å². The minimum absolute atomic E-state index is 0.216. The highest BCUT2D eigenvalue weighted by atomic mass is 16.4. The van der Waals surface area contributed by atoms with Gasteiger partial charge in [0.1, 0.15) is 0 Å². The summed E-state index contributed by atoms with van der Waals surface area (Å²) in [6, 6.07) is 0.216. The Bertz CT molecular complexity index is 304. The van der Waals surface area contributed by atoms with Gasteiger partial charge in [-0.15, -0.1) is 0 Å². The van der Waals surface area contributed by atoms with Gasteiger partial charge < -0.3 is 10.2 Å². The lowest BCUT2D eigenvalue weighted by atomic mass is 9.52. The Morgan fingerprint density at radius 3 is 2.31 bits per heavy atom. The quantitative estimate of drug-likeness (QED) is 0.522. The van der Waals surface area contributed by atoms with Crippen molar-refractivity contribution in [2.75, 3.05) is 0 Å². The average Bonchev–Trinajstić information content (AvgIpc) is 2.13. The van der Waals surface area contributed by atoms with Crippen molar-refractivity contribution in [2.24, 2.45) is 17.8 Å². The number of aliphatic hydroxyl groups is 1. The lowest BCUT2D eigenvalue weighted by molar-refractivity contribution is -0.140. The summed E-state index contributed by atoms with van der Waals surface area (Å²) in [7, 11) is 0. The van der Waals surface area contributed by atoms with Gasteiger partial charge in [-0.05, 0) is 49.9 Å². The molecule has 4 bridgehead atoms. The molecule has 0 aromatic carbocycles. The fourth-order valence-corrected chi connectivity index (χ4v) is 4.36. The van der Waals surface area contributed by atoms with E-state index in [-0.39, 0.29) is 6.04 Å². The van der Waals surface area contributed by atoms with Crippen LogP contribution in [0, 0.1) is 17.8 Å². The standard InChI is InChI=1S/C11H18N2O3/c14-10(15)13-12-9-7-1-6-2-8(9)5-11(16,3-6)4-7/h6-9,12-13,16H,1-5H2,(H,14,15). The zero-order chi connectivity index (χ0) is 11.3. The summed E-state index contributed by atoms with van der Waals surface area (Å²) in [5, 5.41) is 18.9. The fraction of sp³-hybridized carbons (Fsp3) is 0.909. The first kappa shape index (κ1) is 10.4. The van der Waals surface area contributed by atoms with E-state index in [1.165, 1.54) is 0 Å². The topological polar surface area (TPSA) is 81.6 Å². The van der Waals surface area contributed by atoms with E-state index in [0.29, 0.717) is 17.8 Å². The number of hydrogen-bond donors (Lipinski definition) is 4. The van der Waals surface area contributed by atoms with Crippen molar-refractivity contribution < 1.29 is 15.0 Å². The Balaban J connectivity index is 1.71. The zero-order valence-electron chi connectivity index (χ0n) is 9.15. The largest absolute Gasteiger partial charge is 0.464 e. The van der Waals surface area contributed by atoms with Crippen molar-refractivity contribution in [1.29, 1.82) is 0 Å². The highest BCUT2D eigenvalue weighted by molar-refractivity contribution is 5.63. The summed E-state index contributed by atoms with van der Waals surface area (Å²) in [5.41, 5.74) is 4.75. The molecule has 0 spiro atoms. The van der Waals surface area contributed by atoms with Gasteiger partial charge in [0.15, 0.2) is 0 Å². The van der Waals surface area contributed by atoms with E-state index in [2.05, 4.69) is 10.9 Å². The smallest absolute Gasteiger partial charge is 0.419 e. The van der Waals surface area contributed by atoms with Crippen LogP contribution in [0.25, 0.3) is 0 Å². The molecule has 4 rings (SSSR count). The van der Waals surface area contributed by atoms with Crippen LogP contribution in [-0.2, 0) is 0 Å². The molecule has 4 aliphatic rings. The minimum Gasteiger partial charge on any atom is -0.464 e. The van der Waals surface area contributed by atoms with Crippen LogP contribution in [0.15, 0.2) is 0 Å². The van der Waals surface area contributed by atoms with Crippen LogP contribution in [0.3, 0.4) is 0 Å². The lowest BCUT2D eigenvalue weighted by Gasteiger charge is -2.57. The van der Waals surface area contributed by atoms with E-state index in [0.717, 1.165) is 32.1 Å². The van der Waals surface area contributed by atoms with Crippen molar-refractivity contribution in [3.05, 3.63) is 0 Å².